The van der Waals surface area contributed by atoms with E-state index < -0.39 is 0 Å². The minimum absolute atomic E-state index is 0.516. The van der Waals surface area contributed by atoms with Gasteiger partial charge in [-0.15, -0.1) is 0 Å². The molecule has 0 radical (unpaired) electrons. The largest absolute Gasteiger partial charge is 0.306 e. The topological polar surface area (TPSA) is 41.0 Å². The molecule has 0 N–H and O–H groups in total. The van der Waals surface area contributed by atoms with E-state index in [0.29, 0.717) is 18.0 Å². The maximum atomic E-state index is 7.21. The van der Waals surface area contributed by atoms with Crippen LogP contribution < -0.4 is 9.80 Å². The van der Waals surface area contributed by atoms with Crippen molar-refractivity contribution in [3.8, 4) is 0 Å². The summed E-state index contributed by atoms with van der Waals surface area (Å²) in [6.45, 7) is 14.9. The molecule has 0 spiro atoms. The van der Waals surface area contributed by atoms with Gasteiger partial charge in [0, 0.05) is 23.8 Å². The zero-order chi connectivity index (χ0) is 17.2. The fraction of sp³-hybridized carbons (Fsp3) is 0.0526. The van der Waals surface area contributed by atoms with Crippen LogP contribution in [0, 0.1) is 13.1 Å². The number of aromatic nitrogens is 2. The first-order chi connectivity index (χ1) is 12.3. The number of hydrogen-bond acceptors (Lipinski definition) is 4. The predicted octanol–water partition coefficient (Wildman–Crippen LogP) is 4.83. The molecule has 2 heterocycles. The summed E-state index contributed by atoms with van der Waals surface area (Å²) in [6.07, 6.45) is 3.31. The Labute approximate surface area is 145 Å². The van der Waals surface area contributed by atoms with E-state index in [4.69, 9.17) is 13.1 Å². The number of benzene rings is 2. The second-order valence-corrected chi connectivity index (χ2v) is 5.46. The molecule has 0 saturated carbocycles. The van der Waals surface area contributed by atoms with E-state index >= 15 is 0 Å². The molecule has 3 aromatic rings. The molecule has 1 aliphatic heterocycles. The van der Waals surface area contributed by atoms with Gasteiger partial charge in [0.05, 0.1) is 13.1 Å². The van der Waals surface area contributed by atoms with Gasteiger partial charge in [0.25, 0.3) is 0 Å². The number of rotatable bonds is 2. The highest BCUT2D eigenvalue weighted by Gasteiger charge is 2.30. The lowest BCUT2D eigenvalue weighted by atomic mass is 10.2. The van der Waals surface area contributed by atoms with Gasteiger partial charge in [-0.2, -0.15) is 0 Å². The van der Waals surface area contributed by atoms with Gasteiger partial charge in [-0.3, -0.25) is 0 Å². The van der Waals surface area contributed by atoms with Gasteiger partial charge < -0.3 is 9.80 Å². The highest BCUT2D eigenvalue weighted by molar-refractivity contribution is 5.83. The van der Waals surface area contributed by atoms with Crippen molar-refractivity contribution in [1.82, 2.24) is 9.97 Å². The third kappa shape index (κ3) is 2.52. The summed E-state index contributed by atoms with van der Waals surface area (Å²) in [5.41, 5.74) is 2.94. The van der Waals surface area contributed by atoms with Crippen LogP contribution in [0.4, 0.5) is 34.4 Å². The third-order valence-electron chi connectivity index (χ3n) is 4.00. The van der Waals surface area contributed by atoms with Crippen LogP contribution in [0.25, 0.3) is 9.69 Å². The number of nitrogens with zero attached hydrogens (tertiary/aromatic N) is 6. The van der Waals surface area contributed by atoms with Crippen molar-refractivity contribution in [2.24, 2.45) is 0 Å². The lowest BCUT2D eigenvalue weighted by molar-refractivity contribution is 0.977. The van der Waals surface area contributed by atoms with Crippen molar-refractivity contribution in [3.05, 3.63) is 83.8 Å². The fourth-order valence-electron chi connectivity index (χ4n) is 2.85. The van der Waals surface area contributed by atoms with Gasteiger partial charge in [-0.1, -0.05) is 24.3 Å². The molecule has 1 aromatic heterocycles. The monoisotopic (exact) mass is 324 g/mol. The molecule has 25 heavy (non-hydrogen) atoms. The minimum Gasteiger partial charge on any atom is -0.306 e. The van der Waals surface area contributed by atoms with Gasteiger partial charge >= 0.3 is 0 Å². The van der Waals surface area contributed by atoms with Crippen molar-refractivity contribution in [2.45, 2.75) is 0 Å². The molecule has 118 valence electrons. The smallest absolute Gasteiger partial charge is 0.189 e. The Hall–Kier alpha value is -3.90. The van der Waals surface area contributed by atoms with E-state index in [0.717, 1.165) is 23.0 Å². The van der Waals surface area contributed by atoms with Crippen molar-refractivity contribution < 1.29 is 0 Å². The molecule has 0 unspecified atom stereocenters. The summed E-state index contributed by atoms with van der Waals surface area (Å²) >= 11 is 0. The summed E-state index contributed by atoms with van der Waals surface area (Å²) in [5.74, 6) is 1.47. The van der Waals surface area contributed by atoms with E-state index in [1.165, 1.54) is 0 Å². The van der Waals surface area contributed by atoms with Crippen LogP contribution in [-0.2, 0) is 0 Å². The lowest BCUT2D eigenvalue weighted by Crippen LogP contribution is -2.24. The van der Waals surface area contributed by atoms with Gasteiger partial charge in [-0.25, -0.2) is 19.7 Å². The molecular weight excluding hydrogens is 312 g/mol. The Morgan fingerprint density at radius 2 is 1.24 bits per heavy atom. The maximum Gasteiger partial charge on any atom is 0.189 e. The molecule has 1 aliphatic rings. The first-order valence-electron chi connectivity index (χ1n) is 7.61. The predicted molar refractivity (Wildman–Crippen MR) is 96.6 cm³/mol. The van der Waals surface area contributed by atoms with Crippen molar-refractivity contribution >= 4 is 34.4 Å². The van der Waals surface area contributed by atoms with Crippen LogP contribution in [0.2, 0.25) is 0 Å². The van der Waals surface area contributed by atoms with Crippen LogP contribution in [0.3, 0.4) is 0 Å². The van der Waals surface area contributed by atoms with Crippen molar-refractivity contribution in [1.29, 1.82) is 0 Å². The first-order valence-corrected chi connectivity index (χ1v) is 7.61. The molecule has 6 heteroatoms. The molecule has 2 aromatic carbocycles. The number of fused-ring (bicyclic) bond motifs is 1. The van der Waals surface area contributed by atoms with Gasteiger partial charge in [0.1, 0.15) is 6.67 Å². The molecular formula is C19H12N6. The standard InChI is InChI=1S/C19H12N6/c1-20-14-5-3-7-16(11-14)24-13-25(19-18(24)22-9-10-23-19)17-8-4-6-15(12-17)21-2/h3-12H,13H2. The Kier molecular flexibility index (Phi) is 3.49. The van der Waals surface area contributed by atoms with Crippen LogP contribution in [0.1, 0.15) is 0 Å². The lowest BCUT2D eigenvalue weighted by Gasteiger charge is -2.21. The quantitative estimate of drug-likeness (QED) is 0.633. The molecule has 6 nitrogen and oxygen atoms in total. The Bertz CT molecular complexity index is 948. The zero-order valence-corrected chi connectivity index (χ0v) is 13.2. The molecule has 0 aliphatic carbocycles. The van der Waals surface area contributed by atoms with Gasteiger partial charge in [-0.05, 0) is 24.3 Å². The fourth-order valence-corrected chi connectivity index (χ4v) is 2.85. The molecule has 0 fully saturated rings. The Balaban J connectivity index is 1.80. The Morgan fingerprint density at radius 3 is 1.68 bits per heavy atom. The summed E-state index contributed by atoms with van der Waals surface area (Å²) in [5, 5.41) is 0. The second-order valence-electron chi connectivity index (χ2n) is 5.46. The van der Waals surface area contributed by atoms with Crippen LogP contribution >= 0.6 is 0 Å². The summed E-state index contributed by atoms with van der Waals surface area (Å²) in [7, 11) is 0. The minimum atomic E-state index is 0.516. The number of hydrogen-bond donors (Lipinski definition) is 0. The van der Waals surface area contributed by atoms with Crippen LogP contribution in [0.15, 0.2) is 60.9 Å². The van der Waals surface area contributed by atoms with Crippen molar-refractivity contribution in [3.63, 3.8) is 0 Å². The van der Waals surface area contributed by atoms with Gasteiger partial charge in [0.15, 0.2) is 23.0 Å². The average Bonchev–Trinajstić information content (AvgIpc) is 3.08. The second kappa shape index (κ2) is 5.95. The van der Waals surface area contributed by atoms with Gasteiger partial charge in [0.2, 0.25) is 0 Å². The summed E-state index contributed by atoms with van der Waals surface area (Å²) in [6, 6.07) is 14.9. The highest BCUT2D eigenvalue weighted by Crippen LogP contribution is 2.42. The molecule has 0 bridgehead atoms. The zero-order valence-electron chi connectivity index (χ0n) is 13.2. The van der Waals surface area contributed by atoms with E-state index in [2.05, 4.69) is 19.7 Å². The van der Waals surface area contributed by atoms with E-state index in [1.807, 2.05) is 46.2 Å². The number of anilines is 4. The van der Waals surface area contributed by atoms with E-state index in [-0.39, 0.29) is 0 Å². The summed E-state index contributed by atoms with van der Waals surface area (Å²) in [4.78, 5) is 20.0. The molecule has 0 saturated heterocycles. The molecule has 0 amide bonds. The van der Waals surface area contributed by atoms with E-state index in [1.54, 1.807) is 24.5 Å². The maximum absolute atomic E-state index is 7.21. The SMILES string of the molecule is [C-]#[N+]c1cccc(N2CN(c3cccc([N+]#[C-])c3)c3nccnc32)c1. The first kappa shape index (κ1) is 14.7. The third-order valence-corrected chi connectivity index (χ3v) is 4.00. The molecule has 4 rings (SSSR count). The molecule has 0 atom stereocenters. The van der Waals surface area contributed by atoms with Crippen LogP contribution in [0.5, 0.6) is 0 Å². The van der Waals surface area contributed by atoms with Crippen molar-refractivity contribution in [2.75, 3.05) is 16.5 Å². The normalized spacial score (nSPS) is 12.4. The van der Waals surface area contributed by atoms with Crippen LogP contribution in [-0.4, -0.2) is 16.6 Å². The summed E-state index contributed by atoms with van der Waals surface area (Å²) < 4.78 is 0. The highest BCUT2D eigenvalue weighted by atomic mass is 15.4. The van der Waals surface area contributed by atoms with E-state index in [9.17, 15) is 0 Å². The Morgan fingerprint density at radius 1 is 0.760 bits per heavy atom. The average molecular weight is 324 g/mol.